The number of carbonyl (C=O) groups excluding carboxylic acids is 1. The number of unbranched alkanes of at least 4 members (excludes halogenated alkanes) is 35. The first-order chi connectivity index (χ1) is 29.4. The largest absolute Gasteiger partial charge is 0.472 e. The maximum Gasteiger partial charge on any atom is 0.472 e. The van der Waals surface area contributed by atoms with E-state index in [1.807, 2.05) is 21.1 Å². The van der Waals surface area contributed by atoms with E-state index in [1.54, 1.807) is 0 Å². The monoisotopic (exact) mass is 890 g/mol. The highest BCUT2D eigenvalue weighted by Gasteiger charge is 2.31. The molecule has 0 aromatic heterocycles. The highest BCUT2D eigenvalue weighted by atomic mass is 31.2. The van der Waals surface area contributed by atoms with E-state index in [0.717, 1.165) is 38.5 Å². The van der Waals surface area contributed by atoms with Gasteiger partial charge in [-0.2, -0.15) is 0 Å². The van der Waals surface area contributed by atoms with Crippen LogP contribution in [0.2, 0.25) is 0 Å². The highest BCUT2D eigenvalue weighted by Crippen LogP contribution is 2.43. The quantitative estimate of drug-likeness (QED) is 0.0272. The van der Waals surface area contributed by atoms with Crippen LogP contribution in [0.5, 0.6) is 0 Å². The van der Waals surface area contributed by atoms with Crippen molar-refractivity contribution in [1.82, 2.24) is 5.32 Å². The molecular weight excluding hydrogens is 784 g/mol. The minimum Gasteiger partial charge on any atom is -0.390 e. The average molecular weight is 890 g/mol. The van der Waals surface area contributed by atoms with Crippen molar-refractivity contribution in [3.05, 3.63) is 0 Å². The van der Waals surface area contributed by atoms with Crippen LogP contribution in [0, 0.1) is 0 Å². The van der Waals surface area contributed by atoms with Crippen LogP contribution in [-0.2, 0) is 18.4 Å². The smallest absolute Gasteiger partial charge is 0.390 e. The molecule has 0 fully saturated rings. The van der Waals surface area contributed by atoms with E-state index in [0.29, 0.717) is 23.9 Å². The Labute approximate surface area is 379 Å². The summed E-state index contributed by atoms with van der Waals surface area (Å²) in [6.07, 6.45) is 46.1. The van der Waals surface area contributed by atoms with Crippen LogP contribution in [0.25, 0.3) is 0 Å². The first kappa shape index (κ1) is 60.5. The number of rotatable bonds is 49. The van der Waals surface area contributed by atoms with Crippen molar-refractivity contribution in [3.8, 4) is 0 Å². The number of carbonyl (C=O) groups is 1. The number of likely N-dealkylation sites (N-methyl/N-ethyl adjacent to an activating group) is 1. The van der Waals surface area contributed by atoms with Crippen LogP contribution in [0.3, 0.4) is 0 Å². The Bertz CT molecular complexity index is 981. The summed E-state index contributed by atoms with van der Waals surface area (Å²) in [5.74, 6) is -0.252. The zero-order valence-electron chi connectivity index (χ0n) is 41.3. The number of phosphoric acid groups is 1. The van der Waals surface area contributed by atoms with Gasteiger partial charge < -0.3 is 24.9 Å². The SMILES string of the molecule is CCCCCCCCCCCCCCCCCCCCCCCCCCCC(=O)NC(COP(=O)(O)OCC[N+](C)(C)C)C(O)C(O)CCCCCCCCCCCCCC. The molecule has 0 radical (unpaired) electrons. The van der Waals surface area contributed by atoms with Gasteiger partial charge in [0, 0.05) is 6.42 Å². The molecule has 9 nitrogen and oxygen atoms in total. The van der Waals surface area contributed by atoms with E-state index in [-0.39, 0.29) is 12.5 Å². The van der Waals surface area contributed by atoms with Crippen molar-refractivity contribution in [2.45, 2.75) is 283 Å². The van der Waals surface area contributed by atoms with E-state index in [1.165, 1.54) is 199 Å². The van der Waals surface area contributed by atoms with E-state index in [2.05, 4.69) is 19.2 Å². The number of nitrogens with zero attached hydrogens (tertiary/aromatic N) is 1. The molecule has 0 aliphatic carbocycles. The van der Waals surface area contributed by atoms with E-state index >= 15 is 0 Å². The second-order valence-electron chi connectivity index (χ2n) is 19.8. The van der Waals surface area contributed by atoms with Gasteiger partial charge in [-0.05, 0) is 12.8 Å². The molecule has 0 aliphatic heterocycles. The lowest BCUT2D eigenvalue weighted by Gasteiger charge is -2.28. The number of quaternary nitrogens is 1. The summed E-state index contributed by atoms with van der Waals surface area (Å²) in [6, 6.07) is -1.03. The first-order valence-electron chi connectivity index (χ1n) is 26.5. The number of hydrogen-bond donors (Lipinski definition) is 4. The molecular formula is C51H106N2O7P+. The molecule has 0 saturated heterocycles. The second kappa shape index (κ2) is 43.4. The van der Waals surface area contributed by atoms with Crippen molar-refractivity contribution < 1.29 is 38.0 Å². The van der Waals surface area contributed by atoms with Crippen LogP contribution in [-0.4, -0.2) is 84.6 Å². The third-order valence-corrected chi connectivity index (χ3v) is 13.4. The number of phosphoric ester groups is 1. The van der Waals surface area contributed by atoms with Gasteiger partial charge in [0.05, 0.1) is 39.9 Å². The summed E-state index contributed by atoms with van der Waals surface area (Å²) in [5.41, 5.74) is 0. The molecule has 0 aromatic carbocycles. The van der Waals surface area contributed by atoms with Crippen molar-refractivity contribution >= 4 is 13.7 Å². The Balaban J connectivity index is 4.20. The van der Waals surface area contributed by atoms with E-state index < -0.39 is 32.7 Å². The number of nitrogens with one attached hydrogen (secondary N) is 1. The molecule has 366 valence electrons. The predicted octanol–water partition coefficient (Wildman–Crippen LogP) is 14.3. The molecule has 10 heteroatoms. The van der Waals surface area contributed by atoms with Crippen molar-refractivity contribution in [2.24, 2.45) is 0 Å². The Morgan fingerprint density at radius 2 is 0.820 bits per heavy atom. The van der Waals surface area contributed by atoms with Crippen molar-refractivity contribution in [1.29, 1.82) is 0 Å². The third-order valence-electron chi connectivity index (χ3n) is 12.4. The Morgan fingerprint density at radius 3 is 1.15 bits per heavy atom. The fourth-order valence-electron chi connectivity index (χ4n) is 8.20. The topological polar surface area (TPSA) is 125 Å². The van der Waals surface area contributed by atoms with Gasteiger partial charge in [-0.15, -0.1) is 0 Å². The fourth-order valence-corrected chi connectivity index (χ4v) is 8.94. The van der Waals surface area contributed by atoms with Gasteiger partial charge >= 0.3 is 7.82 Å². The van der Waals surface area contributed by atoms with Crippen molar-refractivity contribution in [3.63, 3.8) is 0 Å². The van der Waals surface area contributed by atoms with E-state index in [4.69, 9.17) is 9.05 Å². The Morgan fingerprint density at radius 1 is 0.508 bits per heavy atom. The minimum atomic E-state index is -4.41. The van der Waals surface area contributed by atoms with Gasteiger partial charge in [0.1, 0.15) is 19.3 Å². The fraction of sp³-hybridized carbons (Fsp3) is 0.980. The maximum atomic E-state index is 13.0. The Kier molecular flexibility index (Phi) is 43.0. The summed E-state index contributed by atoms with van der Waals surface area (Å²) < 4.78 is 23.6. The van der Waals surface area contributed by atoms with Crippen LogP contribution < -0.4 is 5.32 Å². The summed E-state index contributed by atoms with van der Waals surface area (Å²) in [6.45, 7) is 4.64. The van der Waals surface area contributed by atoms with Gasteiger partial charge in [-0.3, -0.25) is 13.8 Å². The molecule has 0 saturated carbocycles. The molecule has 4 N–H and O–H groups in total. The van der Waals surface area contributed by atoms with Gasteiger partial charge in [0.25, 0.3) is 0 Å². The average Bonchev–Trinajstić information content (AvgIpc) is 3.21. The first-order valence-corrected chi connectivity index (χ1v) is 28.0. The molecule has 61 heavy (non-hydrogen) atoms. The van der Waals surface area contributed by atoms with Crippen LogP contribution in [0.1, 0.15) is 264 Å². The van der Waals surface area contributed by atoms with Gasteiger partial charge in [-0.1, -0.05) is 245 Å². The molecule has 1 amide bonds. The lowest BCUT2D eigenvalue weighted by atomic mass is 9.99. The lowest BCUT2D eigenvalue weighted by molar-refractivity contribution is -0.870. The molecule has 0 spiro atoms. The number of hydrogen-bond acceptors (Lipinski definition) is 6. The van der Waals surface area contributed by atoms with Crippen LogP contribution in [0.4, 0.5) is 0 Å². The summed E-state index contributed by atoms with van der Waals surface area (Å²) in [5, 5.41) is 24.8. The molecule has 0 rings (SSSR count). The zero-order valence-corrected chi connectivity index (χ0v) is 42.2. The normalized spacial score (nSPS) is 14.6. The minimum absolute atomic E-state index is 0.0258. The summed E-state index contributed by atoms with van der Waals surface area (Å²) in [4.78, 5) is 23.3. The number of aliphatic hydroxyl groups is 2. The standard InChI is InChI=1S/C51H105N2O7P/c1-6-8-10-12-14-16-18-20-21-22-23-24-25-26-27-28-29-30-31-32-34-36-38-40-42-44-50(55)52-48(47-60-61(57,58)59-46-45-53(3,4)5)51(56)49(54)43-41-39-37-35-33-19-17-15-13-11-9-7-2/h48-49,51,54,56H,6-47H2,1-5H3,(H-,52,55,57,58)/p+1. The predicted molar refractivity (Wildman–Crippen MR) is 260 cm³/mol. The molecule has 0 aliphatic rings. The summed E-state index contributed by atoms with van der Waals surface area (Å²) >= 11 is 0. The number of amides is 1. The number of aliphatic hydroxyl groups excluding tert-OH is 2. The van der Waals surface area contributed by atoms with Gasteiger partial charge in [0.15, 0.2) is 0 Å². The van der Waals surface area contributed by atoms with Crippen LogP contribution >= 0.6 is 7.82 Å². The zero-order chi connectivity index (χ0) is 45.1. The van der Waals surface area contributed by atoms with Crippen LogP contribution in [0.15, 0.2) is 0 Å². The Hall–Kier alpha value is -0.540. The van der Waals surface area contributed by atoms with Crippen molar-refractivity contribution in [2.75, 3.05) is 40.9 Å². The van der Waals surface area contributed by atoms with Gasteiger partial charge in [0.2, 0.25) is 5.91 Å². The molecule has 0 aromatic rings. The lowest BCUT2D eigenvalue weighted by Crippen LogP contribution is -2.51. The maximum absolute atomic E-state index is 13.0. The summed E-state index contributed by atoms with van der Waals surface area (Å²) in [7, 11) is 1.45. The van der Waals surface area contributed by atoms with E-state index in [9.17, 15) is 24.5 Å². The third kappa shape index (κ3) is 44.4. The molecule has 4 atom stereocenters. The highest BCUT2D eigenvalue weighted by molar-refractivity contribution is 7.47. The second-order valence-corrected chi connectivity index (χ2v) is 21.2. The van der Waals surface area contributed by atoms with Gasteiger partial charge in [-0.25, -0.2) is 4.57 Å². The molecule has 4 unspecified atom stereocenters. The molecule has 0 bridgehead atoms. The molecule has 0 heterocycles.